The lowest BCUT2D eigenvalue weighted by Gasteiger charge is -2.11. The molecule has 13 heteroatoms. The smallest absolute Gasteiger partial charge is 0.373 e. The van der Waals surface area contributed by atoms with E-state index in [0.29, 0.717) is 10.6 Å². The number of ether oxygens (including phenoxy) is 2. The number of nitrogens with one attached hydrogen (secondary N) is 1. The van der Waals surface area contributed by atoms with Gasteiger partial charge in [0.25, 0.3) is 5.91 Å². The van der Waals surface area contributed by atoms with Crippen molar-refractivity contribution in [1.82, 2.24) is 10.2 Å². The Morgan fingerprint density at radius 1 is 1.24 bits per heavy atom. The first-order valence-corrected chi connectivity index (χ1v) is 11.7. The van der Waals surface area contributed by atoms with E-state index in [-0.39, 0.29) is 51.8 Å². The molecule has 3 amide bonds. The van der Waals surface area contributed by atoms with Crippen molar-refractivity contribution in [3.63, 3.8) is 0 Å². The zero-order valence-corrected chi connectivity index (χ0v) is 21.4. The molecule has 1 aliphatic rings. The summed E-state index contributed by atoms with van der Waals surface area (Å²) < 4.78 is 15.8. The highest BCUT2D eigenvalue weighted by Gasteiger charge is 2.34. The van der Waals surface area contributed by atoms with E-state index in [1.165, 1.54) is 37.5 Å². The van der Waals surface area contributed by atoms with Crippen molar-refractivity contribution in [2.24, 2.45) is 0 Å². The lowest BCUT2D eigenvalue weighted by molar-refractivity contribution is -0.386. The Morgan fingerprint density at radius 2 is 2.00 bits per heavy atom. The first-order valence-electron chi connectivity index (χ1n) is 10.5. The maximum atomic E-state index is 12.8. The highest BCUT2D eigenvalue weighted by Crippen LogP contribution is 2.38. The summed E-state index contributed by atoms with van der Waals surface area (Å²) in [7, 11) is 1.19. The number of hydrogen-bond donors (Lipinski definition) is 1. The van der Waals surface area contributed by atoms with Gasteiger partial charge in [0.1, 0.15) is 18.1 Å². The van der Waals surface area contributed by atoms with Crippen LogP contribution in [0.25, 0.3) is 6.08 Å². The molecule has 0 unspecified atom stereocenters. The summed E-state index contributed by atoms with van der Waals surface area (Å²) in [5.74, 6) is -1.29. The Kier molecular flexibility index (Phi) is 7.60. The lowest BCUT2D eigenvalue weighted by Crippen LogP contribution is -2.30. The average molecular weight is 591 g/mol. The minimum Gasteiger partial charge on any atom is -0.481 e. The number of carbonyl (C=O) groups is 3. The van der Waals surface area contributed by atoms with Crippen molar-refractivity contribution in [3.8, 4) is 5.75 Å². The predicted molar refractivity (Wildman–Crippen MR) is 134 cm³/mol. The van der Waals surface area contributed by atoms with Gasteiger partial charge in [0.15, 0.2) is 0 Å². The predicted octanol–water partition coefficient (Wildman–Crippen LogP) is 5.06. The normalized spacial score (nSPS) is 14.1. The monoisotopic (exact) mass is 589 g/mol. The number of halogens is 2. The van der Waals surface area contributed by atoms with Crippen molar-refractivity contribution in [1.29, 1.82) is 0 Å². The molecule has 0 atom stereocenters. The summed E-state index contributed by atoms with van der Waals surface area (Å²) in [6, 6.07) is 11.8. The Morgan fingerprint density at radius 3 is 2.70 bits per heavy atom. The Bertz CT molecular complexity index is 1450. The topological polar surface area (TPSA) is 141 Å². The average Bonchev–Trinajstić information content (AvgIpc) is 3.44. The molecule has 0 radical (unpaired) electrons. The molecular formula is C24H17BrClN3O8. The van der Waals surface area contributed by atoms with Crippen LogP contribution in [0, 0.1) is 10.1 Å². The Labute approximate surface area is 222 Å². The molecule has 0 bridgehead atoms. The molecule has 0 saturated carbocycles. The van der Waals surface area contributed by atoms with Crippen LogP contribution >= 0.6 is 27.5 Å². The number of esters is 1. The number of urea groups is 1. The number of imide groups is 1. The molecule has 37 heavy (non-hydrogen) atoms. The fourth-order valence-corrected chi connectivity index (χ4v) is 4.21. The number of hydrogen-bond acceptors (Lipinski definition) is 8. The van der Waals surface area contributed by atoms with E-state index in [2.05, 4.69) is 26.0 Å². The summed E-state index contributed by atoms with van der Waals surface area (Å²) >= 11 is 9.42. The second-order valence-electron chi connectivity index (χ2n) is 7.63. The fraction of sp³-hybridized carbons (Fsp3) is 0.125. The molecule has 1 aromatic heterocycles. The molecule has 2 aromatic carbocycles. The second kappa shape index (κ2) is 10.8. The maximum Gasteiger partial charge on any atom is 0.373 e. The standard InChI is InChI=1S/C24H17BrClN3O8/c1-35-23(31)20-7-6-15(37-20)11-28-22(30)18(27-24(28)32)9-13-8-16(25)21(19(10-13)29(33)34)36-12-14-4-2-3-5-17(14)26/h2-10H,11-12H2,1H3,(H,27,32)/b18-9-. The van der Waals surface area contributed by atoms with Crippen molar-refractivity contribution in [2.75, 3.05) is 7.11 Å². The molecule has 190 valence electrons. The number of rotatable bonds is 8. The Hall–Kier alpha value is -4.16. The molecule has 0 aliphatic carbocycles. The molecule has 1 saturated heterocycles. The third kappa shape index (κ3) is 5.65. The maximum absolute atomic E-state index is 12.8. The number of nitrogens with zero attached hydrogens (tertiary/aromatic N) is 2. The largest absolute Gasteiger partial charge is 0.481 e. The van der Waals surface area contributed by atoms with E-state index in [1.54, 1.807) is 24.3 Å². The highest BCUT2D eigenvalue weighted by atomic mass is 79.9. The number of nitro groups is 1. The van der Waals surface area contributed by atoms with Crippen LogP contribution in [0.15, 0.2) is 63.1 Å². The Balaban J connectivity index is 1.55. The van der Waals surface area contributed by atoms with Gasteiger partial charge in [-0.1, -0.05) is 29.8 Å². The molecule has 1 N–H and O–H groups in total. The second-order valence-corrected chi connectivity index (χ2v) is 8.89. The number of methoxy groups -OCH3 is 1. The zero-order chi connectivity index (χ0) is 26.7. The van der Waals surface area contributed by atoms with Crippen LogP contribution in [0.4, 0.5) is 10.5 Å². The van der Waals surface area contributed by atoms with Crippen LogP contribution in [0.5, 0.6) is 5.75 Å². The first-order chi connectivity index (χ1) is 17.7. The van der Waals surface area contributed by atoms with Crippen molar-refractivity contribution < 1.29 is 33.2 Å². The summed E-state index contributed by atoms with van der Waals surface area (Å²) in [5.41, 5.74) is 0.454. The van der Waals surface area contributed by atoms with Gasteiger partial charge < -0.3 is 19.2 Å². The summed E-state index contributed by atoms with van der Waals surface area (Å²) in [5, 5.41) is 14.6. The van der Waals surface area contributed by atoms with Crippen LogP contribution in [0.2, 0.25) is 5.02 Å². The van der Waals surface area contributed by atoms with Gasteiger partial charge in [-0.2, -0.15) is 0 Å². The van der Waals surface area contributed by atoms with Gasteiger partial charge in [-0.3, -0.25) is 19.8 Å². The van der Waals surface area contributed by atoms with E-state index in [1.807, 2.05) is 0 Å². The molecule has 3 aromatic rings. The van der Waals surface area contributed by atoms with Gasteiger partial charge in [-0.15, -0.1) is 0 Å². The van der Waals surface area contributed by atoms with Gasteiger partial charge in [-0.25, -0.2) is 9.59 Å². The SMILES string of the molecule is COC(=O)c1ccc(CN2C(=O)N/C(=C\c3cc(Br)c(OCc4ccccc4Cl)c([N+](=O)[O-])c3)C2=O)o1. The minimum atomic E-state index is -0.722. The number of nitro benzene ring substituents is 1. The molecule has 0 spiro atoms. The molecule has 1 fully saturated rings. The number of benzene rings is 2. The lowest BCUT2D eigenvalue weighted by atomic mass is 10.1. The molecule has 2 heterocycles. The van der Waals surface area contributed by atoms with Gasteiger partial charge in [0, 0.05) is 16.7 Å². The number of carbonyl (C=O) groups excluding carboxylic acids is 3. The number of amides is 3. The molecule has 4 rings (SSSR count). The van der Waals surface area contributed by atoms with Crippen molar-refractivity contribution in [3.05, 3.63) is 96.5 Å². The van der Waals surface area contributed by atoms with E-state index in [0.717, 1.165) is 4.90 Å². The summed E-state index contributed by atoms with van der Waals surface area (Å²) in [6.45, 7) is -0.245. The van der Waals surface area contributed by atoms with E-state index in [4.69, 9.17) is 20.8 Å². The zero-order valence-electron chi connectivity index (χ0n) is 19.0. The quantitative estimate of drug-likeness (QED) is 0.126. The number of furan rings is 1. The third-order valence-electron chi connectivity index (χ3n) is 5.21. The fourth-order valence-electron chi connectivity index (χ4n) is 3.44. The van der Waals surface area contributed by atoms with Crippen LogP contribution in [-0.4, -0.2) is 34.8 Å². The minimum absolute atomic E-state index is 0.00642. The van der Waals surface area contributed by atoms with Crippen molar-refractivity contribution >= 4 is 57.2 Å². The van der Waals surface area contributed by atoms with Crippen LogP contribution < -0.4 is 10.1 Å². The highest BCUT2D eigenvalue weighted by molar-refractivity contribution is 9.10. The van der Waals surface area contributed by atoms with E-state index in [9.17, 15) is 24.5 Å². The van der Waals surface area contributed by atoms with Gasteiger partial charge in [0.2, 0.25) is 11.5 Å². The first kappa shape index (κ1) is 25.9. The van der Waals surface area contributed by atoms with E-state index < -0.39 is 22.8 Å². The van der Waals surface area contributed by atoms with Crippen LogP contribution in [0.3, 0.4) is 0 Å². The summed E-state index contributed by atoms with van der Waals surface area (Å²) in [6.07, 6.45) is 1.30. The summed E-state index contributed by atoms with van der Waals surface area (Å²) in [4.78, 5) is 48.8. The third-order valence-corrected chi connectivity index (χ3v) is 6.17. The van der Waals surface area contributed by atoms with Gasteiger partial charge >= 0.3 is 17.7 Å². The van der Waals surface area contributed by atoms with Crippen LogP contribution in [-0.2, 0) is 22.7 Å². The van der Waals surface area contributed by atoms with E-state index >= 15 is 0 Å². The van der Waals surface area contributed by atoms with Crippen molar-refractivity contribution in [2.45, 2.75) is 13.2 Å². The molecular weight excluding hydrogens is 574 g/mol. The van der Waals surface area contributed by atoms with Gasteiger partial charge in [0.05, 0.1) is 23.1 Å². The van der Waals surface area contributed by atoms with Gasteiger partial charge in [-0.05, 0) is 51.8 Å². The molecule has 11 nitrogen and oxygen atoms in total. The molecule has 1 aliphatic heterocycles. The van der Waals surface area contributed by atoms with Crippen LogP contribution in [0.1, 0.15) is 27.4 Å².